The van der Waals surface area contributed by atoms with Gasteiger partial charge in [-0.25, -0.2) is 4.90 Å². The Morgan fingerprint density at radius 2 is 1.74 bits per heavy atom. The summed E-state index contributed by atoms with van der Waals surface area (Å²) in [6, 6.07) is 11.8. The van der Waals surface area contributed by atoms with Crippen molar-refractivity contribution in [3.63, 3.8) is 0 Å². The lowest BCUT2D eigenvalue weighted by molar-refractivity contribution is -0.122. The van der Waals surface area contributed by atoms with E-state index >= 15 is 0 Å². The summed E-state index contributed by atoms with van der Waals surface area (Å²) in [5.41, 5.74) is 1.00. The molecule has 3 amide bonds. The van der Waals surface area contributed by atoms with Crippen LogP contribution in [-0.4, -0.2) is 31.9 Å². The molecule has 0 aromatic heterocycles. The molecule has 0 bridgehead atoms. The van der Waals surface area contributed by atoms with E-state index in [1.807, 2.05) is 0 Å². The molecule has 0 radical (unpaired) electrons. The Hall–Kier alpha value is -3.35. The number of rotatable bonds is 5. The third kappa shape index (κ3) is 3.76. The van der Waals surface area contributed by atoms with Crippen LogP contribution in [0.1, 0.15) is 36.5 Å². The van der Waals surface area contributed by atoms with Crippen molar-refractivity contribution in [3.05, 3.63) is 48.0 Å². The Morgan fingerprint density at radius 1 is 1.00 bits per heavy atom. The minimum absolute atomic E-state index is 0.207. The van der Waals surface area contributed by atoms with Crippen LogP contribution in [0.3, 0.4) is 0 Å². The highest BCUT2D eigenvalue weighted by atomic mass is 16.5. The molecular formula is C24H26N2O5. The Morgan fingerprint density at radius 3 is 2.48 bits per heavy atom. The zero-order valence-electron chi connectivity index (χ0n) is 17.9. The van der Waals surface area contributed by atoms with E-state index in [4.69, 9.17) is 9.47 Å². The molecule has 2 aliphatic rings. The molecular weight excluding hydrogens is 396 g/mol. The molecule has 2 aromatic carbocycles. The van der Waals surface area contributed by atoms with Crippen molar-refractivity contribution < 1.29 is 23.9 Å². The van der Waals surface area contributed by atoms with Crippen LogP contribution in [0.4, 0.5) is 11.4 Å². The van der Waals surface area contributed by atoms with E-state index in [1.54, 1.807) is 42.5 Å². The lowest BCUT2D eigenvalue weighted by Crippen LogP contribution is -2.33. The average molecular weight is 422 g/mol. The van der Waals surface area contributed by atoms with E-state index in [1.165, 1.54) is 19.1 Å². The van der Waals surface area contributed by atoms with Crippen molar-refractivity contribution in [1.82, 2.24) is 0 Å². The highest BCUT2D eigenvalue weighted by Gasteiger charge is 2.50. The van der Waals surface area contributed by atoms with Gasteiger partial charge in [-0.05, 0) is 49.4 Å². The Bertz CT molecular complexity index is 1030. The predicted molar refractivity (Wildman–Crippen MR) is 116 cm³/mol. The highest BCUT2D eigenvalue weighted by Crippen LogP contribution is 2.43. The smallest absolute Gasteiger partial charge is 0.257 e. The first kappa shape index (κ1) is 20.9. The number of hydrogen-bond donors (Lipinski definition) is 1. The second-order valence-corrected chi connectivity index (χ2v) is 8.18. The van der Waals surface area contributed by atoms with Gasteiger partial charge in [0.2, 0.25) is 11.8 Å². The molecule has 1 aliphatic carbocycles. The van der Waals surface area contributed by atoms with Gasteiger partial charge in [0.25, 0.3) is 5.91 Å². The van der Waals surface area contributed by atoms with Crippen LogP contribution in [0.2, 0.25) is 0 Å². The van der Waals surface area contributed by atoms with Crippen LogP contribution in [0.25, 0.3) is 0 Å². The number of fused-ring (bicyclic) bond motifs is 1. The van der Waals surface area contributed by atoms with Gasteiger partial charge in [0.15, 0.2) is 0 Å². The summed E-state index contributed by atoms with van der Waals surface area (Å²) >= 11 is 0. The number of nitrogens with one attached hydrogen (secondary N) is 1. The highest BCUT2D eigenvalue weighted by molar-refractivity contribution is 6.24. The van der Waals surface area contributed by atoms with Crippen molar-refractivity contribution in [2.45, 2.75) is 26.2 Å². The molecule has 1 aliphatic heterocycles. The monoisotopic (exact) mass is 422 g/mol. The van der Waals surface area contributed by atoms with Gasteiger partial charge >= 0.3 is 0 Å². The topological polar surface area (TPSA) is 84.9 Å². The minimum Gasteiger partial charge on any atom is -0.497 e. The molecule has 7 heteroatoms. The first-order valence-electron chi connectivity index (χ1n) is 10.4. The fraction of sp³-hybridized carbons (Fsp3) is 0.375. The van der Waals surface area contributed by atoms with Crippen LogP contribution >= 0.6 is 0 Å². The van der Waals surface area contributed by atoms with Crippen LogP contribution in [0, 0.1) is 17.8 Å². The van der Waals surface area contributed by atoms with Crippen LogP contribution in [0.5, 0.6) is 11.5 Å². The zero-order chi connectivity index (χ0) is 22.1. The first-order chi connectivity index (χ1) is 14.9. The third-order valence-corrected chi connectivity index (χ3v) is 6.23. The zero-order valence-corrected chi connectivity index (χ0v) is 17.9. The van der Waals surface area contributed by atoms with Crippen molar-refractivity contribution in [3.8, 4) is 11.5 Å². The normalized spacial score (nSPS) is 22.8. The van der Waals surface area contributed by atoms with Crippen LogP contribution in [0.15, 0.2) is 42.5 Å². The number of para-hydroxylation sites is 1. The molecule has 2 aromatic rings. The van der Waals surface area contributed by atoms with Crippen molar-refractivity contribution >= 4 is 29.1 Å². The molecule has 31 heavy (non-hydrogen) atoms. The predicted octanol–water partition coefficient (Wildman–Crippen LogP) is 3.88. The maximum absolute atomic E-state index is 13.2. The molecule has 1 heterocycles. The second kappa shape index (κ2) is 8.41. The van der Waals surface area contributed by atoms with E-state index in [9.17, 15) is 14.4 Å². The number of carbonyl (C=O) groups excluding carboxylic acids is 3. The summed E-state index contributed by atoms with van der Waals surface area (Å²) in [6.45, 7) is 2.11. The third-order valence-electron chi connectivity index (χ3n) is 6.23. The second-order valence-electron chi connectivity index (χ2n) is 8.18. The summed E-state index contributed by atoms with van der Waals surface area (Å²) in [5, 5.41) is 2.82. The Labute approximate surface area is 181 Å². The summed E-state index contributed by atoms with van der Waals surface area (Å²) in [6.07, 6.45) is 2.36. The lowest BCUT2D eigenvalue weighted by atomic mass is 9.76. The number of hydrogen-bond acceptors (Lipinski definition) is 5. The molecule has 0 unspecified atom stereocenters. The van der Waals surface area contributed by atoms with Gasteiger partial charge in [-0.2, -0.15) is 0 Å². The maximum Gasteiger partial charge on any atom is 0.257 e. The number of imide groups is 1. The lowest BCUT2D eigenvalue weighted by Gasteiger charge is -2.25. The average Bonchev–Trinajstić information content (AvgIpc) is 3.02. The number of nitrogens with zero attached hydrogens (tertiary/aromatic N) is 1. The van der Waals surface area contributed by atoms with E-state index in [2.05, 4.69) is 12.2 Å². The van der Waals surface area contributed by atoms with E-state index in [0.717, 1.165) is 6.42 Å². The van der Waals surface area contributed by atoms with E-state index < -0.39 is 5.91 Å². The molecule has 2 fully saturated rings. The van der Waals surface area contributed by atoms with Crippen molar-refractivity contribution in [2.75, 3.05) is 24.4 Å². The van der Waals surface area contributed by atoms with Gasteiger partial charge in [-0.1, -0.05) is 19.1 Å². The molecule has 1 saturated heterocycles. The maximum atomic E-state index is 13.2. The Balaban J connectivity index is 1.66. The van der Waals surface area contributed by atoms with Gasteiger partial charge in [-0.15, -0.1) is 0 Å². The van der Waals surface area contributed by atoms with Gasteiger partial charge in [-0.3, -0.25) is 14.4 Å². The summed E-state index contributed by atoms with van der Waals surface area (Å²) in [7, 11) is 3.04. The van der Waals surface area contributed by atoms with Crippen LogP contribution in [-0.2, 0) is 9.59 Å². The number of amides is 3. The largest absolute Gasteiger partial charge is 0.497 e. The fourth-order valence-electron chi connectivity index (χ4n) is 4.59. The van der Waals surface area contributed by atoms with Gasteiger partial charge in [0.05, 0.1) is 43.0 Å². The molecule has 1 saturated carbocycles. The Kier molecular flexibility index (Phi) is 5.67. The minimum atomic E-state index is -0.439. The van der Waals surface area contributed by atoms with E-state index in [-0.39, 0.29) is 29.2 Å². The molecule has 4 rings (SSSR count). The van der Waals surface area contributed by atoms with Crippen LogP contribution < -0.4 is 19.7 Å². The van der Waals surface area contributed by atoms with Gasteiger partial charge in [0, 0.05) is 6.07 Å². The molecule has 162 valence electrons. The number of anilines is 2. The SMILES string of the molecule is COc1ccc(OC)c(NC(=O)c2ccccc2N2C(=O)[C@H]3C[C@H](C)CC[C@H]3C2=O)c1. The number of carbonyl (C=O) groups is 3. The number of benzene rings is 2. The number of methoxy groups -OCH3 is 2. The molecule has 3 atom stereocenters. The van der Waals surface area contributed by atoms with Gasteiger partial charge < -0.3 is 14.8 Å². The number of ether oxygens (including phenoxy) is 2. The molecule has 7 nitrogen and oxygen atoms in total. The first-order valence-corrected chi connectivity index (χ1v) is 10.4. The quantitative estimate of drug-likeness (QED) is 0.739. The fourth-order valence-corrected chi connectivity index (χ4v) is 4.59. The molecule has 0 spiro atoms. The summed E-state index contributed by atoms with van der Waals surface area (Å²) in [4.78, 5) is 40.7. The summed E-state index contributed by atoms with van der Waals surface area (Å²) in [5.74, 6) is 0.00136. The van der Waals surface area contributed by atoms with Crippen molar-refractivity contribution in [1.29, 1.82) is 0 Å². The van der Waals surface area contributed by atoms with E-state index in [0.29, 0.717) is 41.6 Å². The van der Waals surface area contributed by atoms with Gasteiger partial charge in [0.1, 0.15) is 11.5 Å². The summed E-state index contributed by atoms with van der Waals surface area (Å²) < 4.78 is 10.6. The standard InChI is InChI=1S/C24H26N2O5/c1-14-8-10-16-18(12-14)24(29)26(23(16)28)20-7-5-4-6-17(20)22(27)25-19-13-15(30-2)9-11-21(19)31-3/h4-7,9,11,13-14,16,18H,8,10,12H2,1-3H3,(H,25,27)/t14-,16-,18+/m1/s1. The molecule has 1 N–H and O–H groups in total. The van der Waals surface area contributed by atoms with Crippen molar-refractivity contribution in [2.24, 2.45) is 17.8 Å².